The molecule has 0 atom stereocenters. The summed E-state index contributed by atoms with van der Waals surface area (Å²) in [5, 5.41) is 3.27. The molecule has 0 spiro atoms. The summed E-state index contributed by atoms with van der Waals surface area (Å²) in [6.45, 7) is 1.71. The molecule has 0 aliphatic rings. The maximum atomic E-state index is 11.8. The predicted octanol–water partition coefficient (Wildman–Crippen LogP) is 3.14. The molecular formula is C17H17NO5S. The number of rotatable bonds is 7. The Balaban J connectivity index is 1.78. The van der Waals surface area contributed by atoms with Crippen molar-refractivity contribution in [3.8, 4) is 5.75 Å². The van der Waals surface area contributed by atoms with E-state index in [1.807, 2.05) is 0 Å². The Morgan fingerprint density at radius 1 is 1.08 bits per heavy atom. The normalized spacial score (nSPS) is 10.1. The molecule has 2 rings (SSSR count). The molecule has 1 aromatic carbocycles. The number of methoxy groups -OCH3 is 1. The zero-order valence-electron chi connectivity index (χ0n) is 13.3. The molecule has 1 N–H and O–H groups in total. The van der Waals surface area contributed by atoms with Gasteiger partial charge in [0, 0.05) is 5.56 Å². The predicted molar refractivity (Wildman–Crippen MR) is 90.8 cm³/mol. The summed E-state index contributed by atoms with van der Waals surface area (Å²) in [5.74, 6) is -0.0634. The van der Waals surface area contributed by atoms with Gasteiger partial charge in [0.2, 0.25) is 5.91 Å². The fourth-order valence-electron chi connectivity index (χ4n) is 1.86. The van der Waals surface area contributed by atoms with Gasteiger partial charge in [0.15, 0.2) is 5.78 Å². The lowest BCUT2D eigenvalue weighted by atomic mass is 10.1. The SMILES string of the molecule is COC(=O)c1ccc(NC(=O)CCOc2ccc(C(C)=O)cc2)s1. The minimum atomic E-state index is -0.433. The van der Waals surface area contributed by atoms with E-state index in [1.165, 1.54) is 14.0 Å². The number of carbonyl (C=O) groups is 3. The maximum Gasteiger partial charge on any atom is 0.348 e. The van der Waals surface area contributed by atoms with Crippen LogP contribution in [0, 0.1) is 0 Å². The number of amides is 1. The van der Waals surface area contributed by atoms with Crippen LogP contribution in [0.15, 0.2) is 36.4 Å². The van der Waals surface area contributed by atoms with Crippen LogP contribution in [0.3, 0.4) is 0 Å². The summed E-state index contributed by atoms with van der Waals surface area (Å²) in [5.41, 5.74) is 0.610. The molecular weight excluding hydrogens is 330 g/mol. The summed E-state index contributed by atoms with van der Waals surface area (Å²) < 4.78 is 10.1. The van der Waals surface area contributed by atoms with Crippen LogP contribution < -0.4 is 10.1 Å². The third-order valence-electron chi connectivity index (χ3n) is 3.11. The molecule has 0 saturated carbocycles. The van der Waals surface area contributed by atoms with E-state index in [0.29, 0.717) is 21.2 Å². The quantitative estimate of drug-likeness (QED) is 0.615. The van der Waals surface area contributed by atoms with Gasteiger partial charge in [-0.15, -0.1) is 11.3 Å². The summed E-state index contributed by atoms with van der Waals surface area (Å²) in [4.78, 5) is 34.8. The Hall–Kier alpha value is -2.67. The number of hydrogen-bond donors (Lipinski definition) is 1. The second kappa shape index (κ2) is 8.26. The van der Waals surface area contributed by atoms with Crippen molar-refractivity contribution in [2.24, 2.45) is 0 Å². The lowest BCUT2D eigenvalue weighted by molar-refractivity contribution is -0.116. The van der Waals surface area contributed by atoms with Gasteiger partial charge in [-0.1, -0.05) is 0 Å². The van der Waals surface area contributed by atoms with Crippen LogP contribution in [0.4, 0.5) is 5.00 Å². The van der Waals surface area contributed by atoms with E-state index in [0.717, 1.165) is 11.3 Å². The van der Waals surface area contributed by atoms with Crippen molar-refractivity contribution in [2.45, 2.75) is 13.3 Å². The highest BCUT2D eigenvalue weighted by molar-refractivity contribution is 7.18. The van der Waals surface area contributed by atoms with Gasteiger partial charge in [-0.2, -0.15) is 0 Å². The summed E-state index contributed by atoms with van der Waals surface area (Å²) >= 11 is 1.15. The third kappa shape index (κ3) is 4.92. The zero-order valence-corrected chi connectivity index (χ0v) is 14.1. The van der Waals surface area contributed by atoms with E-state index in [1.54, 1.807) is 36.4 Å². The Labute approximate surface area is 143 Å². The van der Waals surface area contributed by atoms with Crippen LogP contribution in [-0.4, -0.2) is 31.4 Å². The van der Waals surface area contributed by atoms with E-state index in [2.05, 4.69) is 10.1 Å². The highest BCUT2D eigenvalue weighted by atomic mass is 32.1. The topological polar surface area (TPSA) is 81.7 Å². The molecule has 24 heavy (non-hydrogen) atoms. The Morgan fingerprint density at radius 3 is 2.42 bits per heavy atom. The van der Waals surface area contributed by atoms with Gasteiger partial charge in [0.1, 0.15) is 10.6 Å². The first-order chi connectivity index (χ1) is 11.5. The Kier molecular flexibility index (Phi) is 6.08. The first kappa shape index (κ1) is 17.7. The molecule has 1 amide bonds. The number of thiophene rings is 1. The first-order valence-electron chi connectivity index (χ1n) is 7.21. The van der Waals surface area contributed by atoms with Crippen LogP contribution in [0.1, 0.15) is 33.4 Å². The van der Waals surface area contributed by atoms with Crippen LogP contribution in [0.2, 0.25) is 0 Å². The van der Waals surface area contributed by atoms with Crippen molar-refractivity contribution in [1.82, 2.24) is 0 Å². The number of ketones is 1. The first-order valence-corrected chi connectivity index (χ1v) is 8.03. The molecule has 0 aliphatic carbocycles. The lowest BCUT2D eigenvalue weighted by Gasteiger charge is -2.06. The monoisotopic (exact) mass is 347 g/mol. The maximum absolute atomic E-state index is 11.8. The molecule has 7 heteroatoms. The van der Waals surface area contributed by atoms with E-state index >= 15 is 0 Å². The van der Waals surface area contributed by atoms with Gasteiger partial charge in [-0.05, 0) is 43.3 Å². The van der Waals surface area contributed by atoms with E-state index in [-0.39, 0.29) is 24.7 Å². The lowest BCUT2D eigenvalue weighted by Crippen LogP contribution is -2.14. The van der Waals surface area contributed by atoms with Crippen molar-refractivity contribution in [3.05, 3.63) is 46.8 Å². The van der Waals surface area contributed by atoms with Gasteiger partial charge in [0.25, 0.3) is 0 Å². The van der Waals surface area contributed by atoms with Gasteiger partial charge in [0.05, 0.1) is 25.1 Å². The summed E-state index contributed by atoms with van der Waals surface area (Å²) in [6.07, 6.45) is 0.167. The number of ether oxygens (including phenoxy) is 2. The van der Waals surface area contributed by atoms with Crippen LogP contribution in [0.25, 0.3) is 0 Å². The van der Waals surface area contributed by atoms with Gasteiger partial charge >= 0.3 is 5.97 Å². The van der Waals surface area contributed by atoms with Crippen LogP contribution in [0.5, 0.6) is 5.75 Å². The molecule has 0 radical (unpaired) electrons. The van der Waals surface area contributed by atoms with Crippen molar-refractivity contribution in [2.75, 3.05) is 19.0 Å². The minimum Gasteiger partial charge on any atom is -0.493 e. The molecule has 126 valence electrons. The average molecular weight is 347 g/mol. The minimum absolute atomic E-state index is 0.0109. The number of hydrogen-bond acceptors (Lipinski definition) is 6. The molecule has 0 unspecified atom stereocenters. The second-order valence-corrected chi connectivity index (χ2v) is 5.97. The molecule has 0 aliphatic heterocycles. The van der Waals surface area contributed by atoms with E-state index in [9.17, 15) is 14.4 Å². The number of nitrogens with one attached hydrogen (secondary N) is 1. The second-order valence-electron chi connectivity index (χ2n) is 4.88. The molecule has 2 aromatic rings. The largest absolute Gasteiger partial charge is 0.493 e. The highest BCUT2D eigenvalue weighted by Crippen LogP contribution is 2.22. The highest BCUT2D eigenvalue weighted by Gasteiger charge is 2.11. The standard InChI is InChI=1S/C17H17NO5S/c1-11(19)12-3-5-13(6-4-12)23-10-9-15(20)18-16-8-7-14(24-16)17(21)22-2/h3-8H,9-10H2,1-2H3,(H,18,20). The fraction of sp³-hybridized carbons (Fsp3) is 0.235. The van der Waals surface area contributed by atoms with Crippen molar-refractivity contribution >= 4 is 34.0 Å². The van der Waals surface area contributed by atoms with Gasteiger partial charge in [-0.25, -0.2) is 4.79 Å². The Bertz CT molecular complexity index is 736. The number of carbonyl (C=O) groups excluding carboxylic acids is 3. The Morgan fingerprint density at radius 2 is 1.79 bits per heavy atom. The number of Topliss-reactive ketones (excluding diaryl/α,β-unsaturated/α-hetero) is 1. The van der Waals surface area contributed by atoms with Gasteiger partial charge < -0.3 is 14.8 Å². The molecule has 1 heterocycles. The number of esters is 1. The van der Waals surface area contributed by atoms with Crippen LogP contribution >= 0.6 is 11.3 Å². The number of benzene rings is 1. The number of anilines is 1. The van der Waals surface area contributed by atoms with Crippen molar-refractivity contribution in [1.29, 1.82) is 0 Å². The third-order valence-corrected chi connectivity index (χ3v) is 4.09. The van der Waals surface area contributed by atoms with E-state index in [4.69, 9.17) is 4.74 Å². The summed E-state index contributed by atoms with van der Waals surface area (Å²) in [6, 6.07) is 9.98. The van der Waals surface area contributed by atoms with Crippen molar-refractivity contribution < 1.29 is 23.9 Å². The molecule has 0 bridgehead atoms. The molecule has 6 nitrogen and oxygen atoms in total. The average Bonchev–Trinajstić information content (AvgIpc) is 3.03. The fourth-order valence-corrected chi connectivity index (χ4v) is 2.70. The molecule has 0 fully saturated rings. The summed E-state index contributed by atoms with van der Waals surface area (Å²) in [7, 11) is 1.31. The smallest absolute Gasteiger partial charge is 0.348 e. The zero-order chi connectivity index (χ0) is 17.5. The van der Waals surface area contributed by atoms with Crippen LogP contribution in [-0.2, 0) is 9.53 Å². The van der Waals surface area contributed by atoms with Crippen molar-refractivity contribution in [3.63, 3.8) is 0 Å². The van der Waals surface area contributed by atoms with E-state index < -0.39 is 5.97 Å². The molecule has 1 aromatic heterocycles. The van der Waals surface area contributed by atoms with Gasteiger partial charge in [-0.3, -0.25) is 9.59 Å². The molecule has 0 saturated heterocycles.